The predicted octanol–water partition coefficient (Wildman–Crippen LogP) is 4.18. The minimum absolute atomic E-state index is 0.204. The molecule has 0 unspecified atom stereocenters. The van der Waals surface area contributed by atoms with E-state index in [1.807, 2.05) is 18.3 Å². The Balaban J connectivity index is 1.35. The van der Waals surface area contributed by atoms with Crippen LogP contribution in [0.25, 0.3) is 10.9 Å². The Morgan fingerprint density at radius 1 is 1.12 bits per heavy atom. The summed E-state index contributed by atoms with van der Waals surface area (Å²) in [7, 11) is 0. The van der Waals surface area contributed by atoms with Crippen molar-refractivity contribution in [3.8, 4) is 0 Å². The Bertz CT molecular complexity index is 1150. The zero-order valence-electron chi connectivity index (χ0n) is 19.3. The van der Waals surface area contributed by atoms with Crippen LogP contribution in [0.5, 0.6) is 0 Å². The van der Waals surface area contributed by atoms with Crippen LogP contribution in [0.3, 0.4) is 0 Å². The van der Waals surface area contributed by atoms with Gasteiger partial charge in [0.05, 0.1) is 12.1 Å². The molecule has 1 saturated carbocycles. The Labute approximate surface area is 199 Å². The lowest BCUT2D eigenvalue weighted by atomic mass is 9.90. The van der Waals surface area contributed by atoms with E-state index in [2.05, 4.69) is 26.3 Å². The van der Waals surface area contributed by atoms with E-state index in [0.29, 0.717) is 18.9 Å². The van der Waals surface area contributed by atoms with Crippen LogP contribution in [0.1, 0.15) is 66.1 Å². The number of carbonyl (C=O) groups excluding carboxylic acids is 1. The van der Waals surface area contributed by atoms with Crippen molar-refractivity contribution in [2.45, 2.75) is 63.1 Å². The summed E-state index contributed by atoms with van der Waals surface area (Å²) in [5.74, 6) is -0.283. The van der Waals surface area contributed by atoms with Crippen molar-refractivity contribution < 1.29 is 14.3 Å². The number of rotatable bonds is 5. The van der Waals surface area contributed by atoms with Crippen molar-refractivity contribution >= 4 is 16.8 Å². The van der Waals surface area contributed by atoms with Crippen molar-refractivity contribution in [3.05, 3.63) is 71.4 Å². The average Bonchev–Trinajstić information content (AvgIpc) is 2.87. The number of nitrogens with zero attached hydrogens (tertiary/aromatic N) is 3. The van der Waals surface area contributed by atoms with Gasteiger partial charge in [0.25, 0.3) is 5.91 Å². The molecule has 1 aliphatic heterocycles. The number of aliphatic hydroxyl groups is 1. The second-order valence-corrected chi connectivity index (χ2v) is 9.57. The number of carbonyl (C=O) groups is 1. The summed E-state index contributed by atoms with van der Waals surface area (Å²) < 4.78 is 14.7. The molecule has 2 atom stereocenters. The maximum Gasteiger partial charge on any atom is 0.270 e. The highest BCUT2D eigenvalue weighted by atomic mass is 19.1. The third kappa shape index (κ3) is 4.95. The van der Waals surface area contributed by atoms with Gasteiger partial charge in [-0.05, 0) is 74.0 Å². The fourth-order valence-corrected chi connectivity index (χ4v) is 5.34. The molecule has 34 heavy (non-hydrogen) atoms. The zero-order chi connectivity index (χ0) is 23.5. The molecule has 3 aromatic rings. The summed E-state index contributed by atoms with van der Waals surface area (Å²) in [6.45, 7) is 2.48. The monoisotopic (exact) mass is 462 g/mol. The number of hydrogen-bond acceptors (Lipinski definition) is 5. The van der Waals surface area contributed by atoms with Gasteiger partial charge in [0, 0.05) is 24.3 Å². The summed E-state index contributed by atoms with van der Waals surface area (Å²) in [5.41, 5.74) is 2.61. The van der Waals surface area contributed by atoms with E-state index in [0.717, 1.165) is 56.1 Å². The quantitative estimate of drug-likeness (QED) is 0.595. The van der Waals surface area contributed by atoms with Gasteiger partial charge in [0.2, 0.25) is 0 Å². The smallest absolute Gasteiger partial charge is 0.270 e. The fraction of sp³-hybridized carbons (Fsp3) is 0.444. The van der Waals surface area contributed by atoms with E-state index in [4.69, 9.17) is 0 Å². The van der Waals surface area contributed by atoms with E-state index in [-0.39, 0.29) is 23.2 Å². The molecule has 1 aliphatic carbocycles. The summed E-state index contributed by atoms with van der Waals surface area (Å²) in [5, 5.41) is 13.9. The number of pyridine rings is 2. The van der Waals surface area contributed by atoms with Gasteiger partial charge in [-0.15, -0.1) is 0 Å². The Kier molecular flexibility index (Phi) is 6.83. The highest BCUT2D eigenvalue weighted by Crippen LogP contribution is 2.30. The standard InChI is InChI=1S/C27H31FN4O2/c28-22-7-3-6-21-20(17-32-13-10-18(11-14-32)19-5-4-12-29-16-19)15-24(30-26(21)22)27(34)31-23-8-1-2-9-25(23)33/h3-7,12,15-16,18,23,25,33H,1-2,8-11,13-14,17H2,(H,31,34)/t23-,25-/m0/s1. The molecule has 2 fully saturated rings. The number of nitrogens with one attached hydrogen (secondary N) is 1. The number of aliphatic hydroxyl groups excluding tert-OH is 1. The first-order valence-electron chi connectivity index (χ1n) is 12.3. The molecule has 5 rings (SSSR count). The molecule has 2 N–H and O–H groups in total. The highest BCUT2D eigenvalue weighted by Gasteiger charge is 2.26. The lowest BCUT2D eigenvalue weighted by Crippen LogP contribution is -2.45. The molecule has 0 bridgehead atoms. The Morgan fingerprint density at radius 3 is 2.71 bits per heavy atom. The molecule has 6 nitrogen and oxygen atoms in total. The predicted molar refractivity (Wildman–Crippen MR) is 129 cm³/mol. The van der Waals surface area contributed by atoms with Crippen molar-refractivity contribution in [2.24, 2.45) is 0 Å². The molecule has 1 aromatic carbocycles. The highest BCUT2D eigenvalue weighted by molar-refractivity contribution is 5.96. The molecule has 2 aliphatic rings. The van der Waals surface area contributed by atoms with Crippen molar-refractivity contribution in [2.75, 3.05) is 13.1 Å². The van der Waals surface area contributed by atoms with E-state index < -0.39 is 11.9 Å². The van der Waals surface area contributed by atoms with E-state index in [9.17, 15) is 14.3 Å². The van der Waals surface area contributed by atoms with Crippen LogP contribution in [0.2, 0.25) is 0 Å². The third-order valence-corrected chi connectivity index (χ3v) is 7.29. The lowest BCUT2D eigenvalue weighted by molar-refractivity contribution is 0.0714. The Hall–Kier alpha value is -2.90. The first kappa shape index (κ1) is 22.9. The molecule has 1 amide bonds. The molecule has 0 radical (unpaired) electrons. The van der Waals surface area contributed by atoms with E-state index in [1.54, 1.807) is 18.3 Å². The summed E-state index contributed by atoms with van der Waals surface area (Å²) >= 11 is 0. The van der Waals surface area contributed by atoms with Gasteiger partial charge < -0.3 is 10.4 Å². The molecule has 2 aromatic heterocycles. The van der Waals surface area contributed by atoms with Gasteiger partial charge in [-0.1, -0.05) is 31.0 Å². The number of benzene rings is 1. The van der Waals surface area contributed by atoms with Gasteiger partial charge in [-0.2, -0.15) is 0 Å². The maximum absolute atomic E-state index is 14.7. The van der Waals surface area contributed by atoms with Crippen LogP contribution >= 0.6 is 0 Å². The van der Waals surface area contributed by atoms with Crippen molar-refractivity contribution in [1.29, 1.82) is 0 Å². The van der Waals surface area contributed by atoms with Crippen LogP contribution in [0.15, 0.2) is 48.8 Å². The van der Waals surface area contributed by atoms with Crippen LogP contribution in [0.4, 0.5) is 4.39 Å². The van der Waals surface area contributed by atoms with Crippen LogP contribution in [-0.4, -0.2) is 51.1 Å². The fourth-order valence-electron chi connectivity index (χ4n) is 5.34. The van der Waals surface area contributed by atoms with Gasteiger partial charge in [-0.3, -0.25) is 14.7 Å². The summed E-state index contributed by atoms with van der Waals surface area (Å²) in [6.07, 6.45) is 8.65. The molecular formula is C27H31FN4O2. The van der Waals surface area contributed by atoms with Gasteiger partial charge in [0.15, 0.2) is 0 Å². The average molecular weight is 463 g/mol. The minimum atomic E-state index is -0.546. The second kappa shape index (κ2) is 10.2. The molecule has 7 heteroatoms. The number of hydrogen-bond donors (Lipinski definition) is 2. The number of piperidine rings is 1. The van der Waals surface area contributed by atoms with E-state index >= 15 is 0 Å². The maximum atomic E-state index is 14.7. The zero-order valence-corrected chi connectivity index (χ0v) is 19.3. The number of likely N-dealkylation sites (tertiary alicyclic amines) is 1. The van der Waals surface area contributed by atoms with Gasteiger partial charge >= 0.3 is 0 Å². The second-order valence-electron chi connectivity index (χ2n) is 9.57. The molecular weight excluding hydrogens is 431 g/mol. The Morgan fingerprint density at radius 2 is 1.94 bits per heavy atom. The normalized spacial score (nSPS) is 22.1. The number of para-hydroxylation sites is 1. The summed E-state index contributed by atoms with van der Waals surface area (Å²) in [4.78, 5) is 24.0. The third-order valence-electron chi connectivity index (χ3n) is 7.29. The van der Waals surface area contributed by atoms with Crippen LogP contribution in [0, 0.1) is 5.82 Å². The van der Waals surface area contributed by atoms with Crippen LogP contribution < -0.4 is 5.32 Å². The topological polar surface area (TPSA) is 78.4 Å². The number of aromatic nitrogens is 2. The lowest BCUT2D eigenvalue weighted by Gasteiger charge is -2.32. The first-order valence-corrected chi connectivity index (χ1v) is 12.3. The SMILES string of the molecule is O=C(N[C@H]1CCCC[C@@H]1O)c1cc(CN2CCC(c3cccnc3)CC2)c2cccc(F)c2n1. The molecule has 0 spiro atoms. The first-order chi connectivity index (χ1) is 16.6. The van der Waals surface area contributed by atoms with Gasteiger partial charge in [-0.25, -0.2) is 9.37 Å². The molecule has 178 valence electrons. The van der Waals surface area contributed by atoms with Gasteiger partial charge in [0.1, 0.15) is 17.0 Å². The number of fused-ring (bicyclic) bond motifs is 1. The van der Waals surface area contributed by atoms with Crippen molar-refractivity contribution in [1.82, 2.24) is 20.2 Å². The molecule has 3 heterocycles. The minimum Gasteiger partial charge on any atom is -0.391 e. The number of amides is 1. The molecule has 1 saturated heterocycles. The van der Waals surface area contributed by atoms with Crippen molar-refractivity contribution in [3.63, 3.8) is 0 Å². The van der Waals surface area contributed by atoms with E-state index in [1.165, 1.54) is 11.6 Å². The largest absolute Gasteiger partial charge is 0.391 e. The summed E-state index contributed by atoms with van der Waals surface area (Å²) in [6, 6.07) is 10.6. The number of halogens is 1. The van der Waals surface area contributed by atoms with Crippen LogP contribution in [-0.2, 0) is 6.54 Å².